The number of nitro benzene ring substituents is 1. The molecule has 0 fully saturated rings. The number of hydrogen-bond donors (Lipinski definition) is 1. The number of benzene rings is 2. The summed E-state index contributed by atoms with van der Waals surface area (Å²) in [5.41, 5.74) is 2.59. The number of carboxylic acid groups (broad SMARTS) is 1. The first-order valence-corrected chi connectivity index (χ1v) is 7.24. The average Bonchev–Trinajstić information content (AvgIpc) is 2.58. The third kappa shape index (κ3) is 5.53. The van der Waals surface area contributed by atoms with Crippen molar-refractivity contribution in [2.45, 2.75) is 19.4 Å². The second-order valence-corrected chi connectivity index (χ2v) is 5.07. The Morgan fingerprint density at radius 2 is 1.75 bits per heavy atom. The predicted octanol–water partition coefficient (Wildman–Crippen LogP) is 3.16. The number of rotatable bonds is 8. The van der Waals surface area contributed by atoms with Crippen molar-refractivity contribution in [1.82, 2.24) is 0 Å². The average molecular weight is 328 g/mol. The van der Waals surface area contributed by atoms with Crippen molar-refractivity contribution in [3.8, 4) is 0 Å². The lowest BCUT2D eigenvalue weighted by molar-refractivity contribution is -0.384. The Morgan fingerprint density at radius 1 is 1.12 bits per heavy atom. The minimum Gasteiger partial charge on any atom is -0.481 e. The Morgan fingerprint density at radius 3 is 2.33 bits per heavy atom. The molecule has 0 saturated carbocycles. The van der Waals surface area contributed by atoms with Crippen LogP contribution in [0, 0.1) is 10.1 Å². The summed E-state index contributed by atoms with van der Waals surface area (Å²) in [6.45, 7) is 0.213. The highest BCUT2D eigenvalue weighted by Crippen LogP contribution is 2.12. The Balaban J connectivity index is 1.81. The first-order valence-electron chi connectivity index (χ1n) is 7.24. The standard InChI is InChI=1S/C17H16N2O5/c20-17(21)10-7-13-1-3-14(4-2-13)11-18-24-12-15-5-8-16(9-6-15)19(22)23/h1-6,8-9,11H,7,10,12H2,(H,20,21). The third-order valence-electron chi connectivity index (χ3n) is 3.26. The van der Waals surface area contributed by atoms with E-state index in [4.69, 9.17) is 9.94 Å². The van der Waals surface area contributed by atoms with Gasteiger partial charge in [0, 0.05) is 18.6 Å². The molecule has 0 saturated heterocycles. The van der Waals surface area contributed by atoms with E-state index >= 15 is 0 Å². The number of aryl methyl sites for hydroxylation is 1. The summed E-state index contributed by atoms with van der Waals surface area (Å²) >= 11 is 0. The highest BCUT2D eigenvalue weighted by atomic mass is 16.6. The number of hydrogen-bond acceptors (Lipinski definition) is 5. The van der Waals surface area contributed by atoms with Gasteiger partial charge in [-0.15, -0.1) is 0 Å². The fraction of sp³-hybridized carbons (Fsp3) is 0.176. The monoisotopic (exact) mass is 328 g/mol. The molecule has 0 heterocycles. The molecule has 7 nitrogen and oxygen atoms in total. The molecular formula is C17H16N2O5. The van der Waals surface area contributed by atoms with Crippen LogP contribution in [0.1, 0.15) is 23.1 Å². The van der Waals surface area contributed by atoms with E-state index < -0.39 is 10.9 Å². The van der Waals surface area contributed by atoms with Gasteiger partial charge in [0.15, 0.2) is 0 Å². The Hall–Kier alpha value is -3.22. The number of non-ortho nitro benzene ring substituents is 1. The van der Waals surface area contributed by atoms with Crippen LogP contribution in [-0.2, 0) is 22.7 Å². The number of nitro groups is 1. The van der Waals surface area contributed by atoms with E-state index in [9.17, 15) is 14.9 Å². The number of carboxylic acids is 1. The van der Waals surface area contributed by atoms with E-state index in [1.165, 1.54) is 12.1 Å². The van der Waals surface area contributed by atoms with Gasteiger partial charge in [-0.25, -0.2) is 0 Å². The quantitative estimate of drug-likeness (QED) is 0.455. The number of oxime groups is 1. The largest absolute Gasteiger partial charge is 0.481 e. The summed E-state index contributed by atoms with van der Waals surface area (Å²) in [4.78, 5) is 25.8. The van der Waals surface area contributed by atoms with E-state index in [1.807, 2.05) is 24.3 Å². The number of nitrogens with zero attached hydrogens (tertiary/aromatic N) is 2. The van der Waals surface area contributed by atoms with Gasteiger partial charge in [-0.1, -0.05) is 29.4 Å². The molecule has 0 aliphatic carbocycles. The minimum atomic E-state index is -0.819. The normalized spacial score (nSPS) is 10.7. The molecule has 0 spiro atoms. The van der Waals surface area contributed by atoms with Crippen LogP contribution in [0.4, 0.5) is 5.69 Å². The third-order valence-corrected chi connectivity index (χ3v) is 3.26. The van der Waals surface area contributed by atoms with Crippen molar-refractivity contribution in [3.05, 3.63) is 75.3 Å². The fourth-order valence-electron chi connectivity index (χ4n) is 1.95. The first-order chi connectivity index (χ1) is 11.5. The van der Waals surface area contributed by atoms with Gasteiger partial charge in [-0.05, 0) is 35.2 Å². The molecule has 0 unspecified atom stereocenters. The fourth-order valence-corrected chi connectivity index (χ4v) is 1.95. The molecule has 2 rings (SSSR count). The second-order valence-electron chi connectivity index (χ2n) is 5.07. The molecule has 124 valence electrons. The van der Waals surface area contributed by atoms with Crippen LogP contribution in [0.5, 0.6) is 0 Å². The molecule has 0 atom stereocenters. The van der Waals surface area contributed by atoms with Gasteiger partial charge in [0.2, 0.25) is 0 Å². The smallest absolute Gasteiger partial charge is 0.303 e. The Bertz CT molecular complexity index is 724. The van der Waals surface area contributed by atoms with Gasteiger partial charge >= 0.3 is 5.97 Å². The molecule has 1 N–H and O–H groups in total. The van der Waals surface area contributed by atoms with Crippen LogP contribution in [0.25, 0.3) is 0 Å². The van der Waals surface area contributed by atoms with Crippen molar-refractivity contribution in [2.24, 2.45) is 5.16 Å². The van der Waals surface area contributed by atoms with Gasteiger partial charge in [-0.2, -0.15) is 0 Å². The lowest BCUT2D eigenvalue weighted by Crippen LogP contribution is -1.97. The zero-order chi connectivity index (χ0) is 17.4. The van der Waals surface area contributed by atoms with Crippen LogP contribution >= 0.6 is 0 Å². The molecule has 2 aromatic carbocycles. The maximum atomic E-state index is 10.5. The summed E-state index contributed by atoms with van der Waals surface area (Å²) in [5, 5.41) is 23.0. The van der Waals surface area contributed by atoms with Crippen molar-refractivity contribution >= 4 is 17.9 Å². The van der Waals surface area contributed by atoms with Gasteiger partial charge in [0.1, 0.15) is 6.61 Å². The lowest BCUT2D eigenvalue weighted by atomic mass is 10.1. The highest BCUT2D eigenvalue weighted by Gasteiger charge is 2.03. The second kappa shape index (κ2) is 8.42. The molecule has 0 amide bonds. The topological polar surface area (TPSA) is 102 Å². The number of aliphatic carboxylic acids is 1. The van der Waals surface area contributed by atoms with E-state index in [0.29, 0.717) is 6.42 Å². The molecule has 7 heteroatoms. The van der Waals surface area contributed by atoms with Gasteiger partial charge in [0.25, 0.3) is 5.69 Å². The van der Waals surface area contributed by atoms with Crippen LogP contribution in [0.3, 0.4) is 0 Å². The minimum absolute atomic E-state index is 0.0326. The molecule has 0 bridgehead atoms. The van der Waals surface area contributed by atoms with Crippen molar-refractivity contribution < 1.29 is 19.7 Å². The summed E-state index contributed by atoms with van der Waals surface area (Å²) in [7, 11) is 0. The van der Waals surface area contributed by atoms with Crippen LogP contribution in [0.2, 0.25) is 0 Å². The summed E-state index contributed by atoms with van der Waals surface area (Å²) in [6.07, 6.45) is 2.14. The highest BCUT2D eigenvalue weighted by molar-refractivity contribution is 5.79. The van der Waals surface area contributed by atoms with Crippen molar-refractivity contribution in [2.75, 3.05) is 0 Å². The number of carbonyl (C=O) groups is 1. The van der Waals surface area contributed by atoms with Crippen molar-refractivity contribution in [3.63, 3.8) is 0 Å². The maximum Gasteiger partial charge on any atom is 0.303 e. The molecule has 2 aromatic rings. The van der Waals surface area contributed by atoms with Gasteiger partial charge in [-0.3, -0.25) is 14.9 Å². The van der Waals surface area contributed by atoms with Crippen LogP contribution in [-0.4, -0.2) is 22.2 Å². The molecule has 24 heavy (non-hydrogen) atoms. The summed E-state index contributed by atoms with van der Waals surface area (Å²) < 4.78 is 0. The van der Waals surface area contributed by atoms with Gasteiger partial charge < -0.3 is 9.94 Å². The van der Waals surface area contributed by atoms with Crippen LogP contribution in [0.15, 0.2) is 53.7 Å². The van der Waals surface area contributed by atoms with E-state index in [-0.39, 0.29) is 18.7 Å². The SMILES string of the molecule is O=C(O)CCc1ccc(C=NOCc2ccc([N+](=O)[O-])cc2)cc1. The Kier molecular flexibility index (Phi) is 6.01. The summed E-state index contributed by atoms with van der Waals surface area (Å²) in [5.74, 6) is -0.819. The lowest BCUT2D eigenvalue weighted by Gasteiger charge is -2.01. The molecule has 0 radical (unpaired) electrons. The molecule has 0 aliphatic heterocycles. The summed E-state index contributed by atoms with van der Waals surface area (Å²) in [6, 6.07) is 13.4. The maximum absolute atomic E-state index is 10.5. The zero-order valence-electron chi connectivity index (χ0n) is 12.8. The molecule has 0 aromatic heterocycles. The molecular weight excluding hydrogens is 312 g/mol. The zero-order valence-corrected chi connectivity index (χ0v) is 12.8. The first kappa shape index (κ1) is 17.1. The van der Waals surface area contributed by atoms with Gasteiger partial charge in [0.05, 0.1) is 11.1 Å². The van der Waals surface area contributed by atoms with Crippen LogP contribution < -0.4 is 0 Å². The van der Waals surface area contributed by atoms with E-state index in [2.05, 4.69) is 5.16 Å². The van der Waals surface area contributed by atoms with E-state index in [1.54, 1.807) is 18.3 Å². The Labute approximate surface area is 138 Å². The van der Waals surface area contributed by atoms with E-state index in [0.717, 1.165) is 16.7 Å². The molecule has 0 aliphatic rings. The van der Waals surface area contributed by atoms with Crippen molar-refractivity contribution in [1.29, 1.82) is 0 Å². The predicted molar refractivity (Wildman–Crippen MR) is 87.9 cm³/mol.